The molecule has 0 unspecified atom stereocenters. The van der Waals surface area contributed by atoms with Crippen LogP contribution in [-0.4, -0.2) is 9.97 Å². The summed E-state index contributed by atoms with van der Waals surface area (Å²) in [6.07, 6.45) is -4.50. The highest BCUT2D eigenvalue weighted by Crippen LogP contribution is 2.35. The summed E-state index contributed by atoms with van der Waals surface area (Å²) in [5.74, 6) is -0.384. The standard InChI is InChI=1S/C13H10F3N5/c1-6-2-3-7(4-9(6)13(14,15)16)10-8(5-17)11(18)21-12(19)20-10/h2-4H,1H3,(H4,18,19,20,21). The van der Waals surface area contributed by atoms with Gasteiger partial charge in [0, 0.05) is 5.56 Å². The highest BCUT2D eigenvalue weighted by atomic mass is 19.4. The van der Waals surface area contributed by atoms with E-state index in [1.165, 1.54) is 19.1 Å². The van der Waals surface area contributed by atoms with Crippen molar-refractivity contribution in [3.63, 3.8) is 0 Å². The number of hydrogen-bond acceptors (Lipinski definition) is 5. The number of rotatable bonds is 1. The number of hydrogen-bond donors (Lipinski definition) is 2. The molecule has 4 N–H and O–H groups in total. The fourth-order valence-corrected chi connectivity index (χ4v) is 1.89. The number of nitrogens with zero attached hydrogens (tertiary/aromatic N) is 3. The van der Waals surface area contributed by atoms with Crippen molar-refractivity contribution in [1.29, 1.82) is 5.26 Å². The summed E-state index contributed by atoms with van der Waals surface area (Å²) in [5, 5.41) is 9.06. The van der Waals surface area contributed by atoms with Crippen LogP contribution in [0.15, 0.2) is 18.2 Å². The molecule has 21 heavy (non-hydrogen) atoms. The van der Waals surface area contributed by atoms with Crippen LogP contribution in [0.5, 0.6) is 0 Å². The Labute approximate surface area is 118 Å². The molecule has 0 radical (unpaired) electrons. The van der Waals surface area contributed by atoms with E-state index in [1.54, 1.807) is 6.07 Å². The molecule has 8 heteroatoms. The lowest BCUT2D eigenvalue weighted by Crippen LogP contribution is -2.09. The van der Waals surface area contributed by atoms with Gasteiger partial charge in [0.05, 0.1) is 11.3 Å². The SMILES string of the molecule is Cc1ccc(-c2nc(N)nc(N)c2C#N)cc1C(F)(F)F. The summed E-state index contributed by atoms with van der Waals surface area (Å²) in [6.45, 7) is 1.35. The van der Waals surface area contributed by atoms with E-state index in [2.05, 4.69) is 9.97 Å². The molecule has 2 rings (SSSR count). The van der Waals surface area contributed by atoms with E-state index >= 15 is 0 Å². The summed E-state index contributed by atoms with van der Waals surface area (Å²) in [4.78, 5) is 7.44. The van der Waals surface area contributed by atoms with Gasteiger partial charge in [-0.2, -0.15) is 23.4 Å². The van der Waals surface area contributed by atoms with Crippen molar-refractivity contribution in [3.05, 3.63) is 34.9 Å². The molecule has 0 aliphatic heterocycles. The van der Waals surface area contributed by atoms with E-state index in [-0.39, 0.29) is 34.2 Å². The number of aromatic nitrogens is 2. The fraction of sp³-hybridized carbons (Fsp3) is 0.154. The number of alkyl halides is 3. The van der Waals surface area contributed by atoms with Crippen molar-refractivity contribution >= 4 is 11.8 Å². The third kappa shape index (κ3) is 2.72. The lowest BCUT2D eigenvalue weighted by atomic mass is 10.0. The van der Waals surface area contributed by atoms with Crippen LogP contribution < -0.4 is 11.5 Å². The maximum atomic E-state index is 12.9. The molecular formula is C13H10F3N5. The van der Waals surface area contributed by atoms with E-state index in [4.69, 9.17) is 16.7 Å². The van der Waals surface area contributed by atoms with Gasteiger partial charge in [0.2, 0.25) is 5.95 Å². The number of anilines is 2. The van der Waals surface area contributed by atoms with Gasteiger partial charge in [0.25, 0.3) is 0 Å². The molecule has 0 bridgehead atoms. The van der Waals surface area contributed by atoms with E-state index in [9.17, 15) is 13.2 Å². The van der Waals surface area contributed by atoms with E-state index < -0.39 is 11.7 Å². The minimum atomic E-state index is -4.50. The predicted octanol–water partition coefficient (Wildman–Crippen LogP) is 2.51. The smallest absolute Gasteiger partial charge is 0.382 e. The monoisotopic (exact) mass is 293 g/mol. The highest BCUT2D eigenvalue weighted by Gasteiger charge is 2.32. The van der Waals surface area contributed by atoms with Crippen LogP contribution in [0, 0.1) is 18.3 Å². The first-order valence-corrected chi connectivity index (χ1v) is 5.75. The van der Waals surface area contributed by atoms with E-state index in [1.807, 2.05) is 0 Å². The molecule has 0 fully saturated rings. The van der Waals surface area contributed by atoms with Crippen LogP contribution in [0.1, 0.15) is 16.7 Å². The summed E-state index contributed by atoms with van der Waals surface area (Å²) in [7, 11) is 0. The van der Waals surface area contributed by atoms with Crippen molar-refractivity contribution in [3.8, 4) is 17.3 Å². The summed E-state index contributed by atoms with van der Waals surface area (Å²) < 4.78 is 38.8. The quantitative estimate of drug-likeness (QED) is 0.841. The third-order valence-electron chi connectivity index (χ3n) is 2.88. The third-order valence-corrected chi connectivity index (χ3v) is 2.88. The van der Waals surface area contributed by atoms with E-state index in [0.29, 0.717) is 0 Å². The molecule has 0 atom stereocenters. The maximum Gasteiger partial charge on any atom is 0.416 e. The molecule has 0 saturated carbocycles. The Morgan fingerprint density at radius 2 is 1.86 bits per heavy atom. The summed E-state index contributed by atoms with van der Waals surface area (Å²) >= 11 is 0. The topological polar surface area (TPSA) is 102 Å². The number of nitrogen functional groups attached to an aromatic ring is 2. The molecule has 0 saturated heterocycles. The molecule has 0 aliphatic carbocycles. The zero-order chi connectivity index (χ0) is 15.8. The Bertz CT molecular complexity index is 747. The molecule has 1 aromatic carbocycles. The largest absolute Gasteiger partial charge is 0.416 e. The van der Waals surface area contributed by atoms with Crippen molar-refractivity contribution in [1.82, 2.24) is 9.97 Å². The second-order valence-corrected chi connectivity index (χ2v) is 4.33. The van der Waals surface area contributed by atoms with Crippen LogP contribution in [0.3, 0.4) is 0 Å². The van der Waals surface area contributed by atoms with Gasteiger partial charge in [-0.25, -0.2) is 4.98 Å². The minimum Gasteiger partial charge on any atom is -0.382 e. The van der Waals surface area contributed by atoms with Gasteiger partial charge in [-0.1, -0.05) is 12.1 Å². The molecular weight excluding hydrogens is 283 g/mol. The molecule has 1 aromatic heterocycles. The minimum absolute atomic E-state index is 0.0204. The van der Waals surface area contributed by atoms with Gasteiger partial charge in [-0.3, -0.25) is 0 Å². The Morgan fingerprint density at radius 1 is 1.19 bits per heavy atom. The maximum absolute atomic E-state index is 12.9. The number of aryl methyl sites for hydroxylation is 1. The molecule has 0 aliphatic rings. The lowest BCUT2D eigenvalue weighted by molar-refractivity contribution is -0.138. The van der Waals surface area contributed by atoms with Crippen LogP contribution in [0.4, 0.5) is 24.9 Å². The van der Waals surface area contributed by atoms with Gasteiger partial charge in [-0.05, 0) is 18.6 Å². The van der Waals surface area contributed by atoms with Gasteiger partial charge in [0.15, 0.2) is 0 Å². The van der Waals surface area contributed by atoms with Crippen molar-refractivity contribution < 1.29 is 13.2 Å². The van der Waals surface area contributed by atoms with E-state index in [0.717, 1.165) is 6.07 Å². The van der Waals surface area contributed by atoms with Crippen molar-refractivity contribution in [2.75, 3.05) is 11.5 Å². The zero-order valence-electron chi connectivity index (χ0n) is 10.9. The van der Waals surface area contributed by atoms with Crippen molar-refractivity contribution in [2.45, 2.75) is 13.1 Å². The first kappa shape index (κ1) is 14.6. The molecule has 108 valence electrons. The molecule has 2 aromatic rings. The zero-order valence-corrected chi connectivity index (χ0v) is 10.9. The Morgan fingerprint density at radius 3 is 2.43 bits per heavy atom. The highest BCUT2D eigenvalue weighted by molar-refractivity contribution is 5.73. The van der Waals surface area contributed by atoms with Gasteiger partial charge < -0.3 is 11.5 Å². The molecule has 1 heterocycles. The Kier molecular flexibility index (Phi) is 3.43. The average molecular weight is 293 g/mol. The number of nitriles is 1. The summed E-state index contributed by atoms with van der Waals surface area (Å²) in [6, 6.07) is 5.41. The average Bonchev–Trinajstić information content (AvgIpc) is 2.37. The predicted molar refractivity (Wildman–Crippen MR) is 70.7 cm³/mol. The fourth-order valence-electron chi connectivity index (χ4n) is 1.89. The van der Waals surface area contributed by atoms with Crippen LogP contribution >= 0.6 is 0 Å². The van der Waals surface area contributed by atoms with Crippen molar-refractivity contribution in [2.24, 2.45) is 0 Å². The van der Waals surface area contributed by atoms with Gasteiger partial charge in [0.1, 0.15) is 17.5 Å². The second-order valence-electron chi connectivity index (χ2n) is 4.33. The Balaban J connectivity index is 2.72. The first-order valence-electron chi connectivity index (χ1n) is 5.75. The number of halogens is 3. The van der Waals surface area contributed by atoms with Crippen LogP contribution in [0.25, 0.3) is 11.3 Å². The van der Waals surface area contributed by atoms with Crippen LogP contribution in [-0.2, 0) is 6.18 Å². The van der Waals surface area contributed by atoms with Gasteiger partial charge >= 0.3 is 6.18 Å². The lowest BCUT2D eigenvalue weighted by Gasteiger charge is -2.13. The van der Waals surface area contributed by atoms with Gasteiger partial charge in [-0.15, -0.1) is 0 Å². The first-order chi connectivity index (χ1) is 9.74. The second kappa shape index (κ2) is 4.94. The molecule has 0 spiro atoms. The van der Waals surface area contributed by atoms with Crippen LogP contribution in [0.2, 0.25) is 0 Å². The molecule has 0 amide bonds. The summed E-state index contributed by atoms with van der Waals surface area (Å²) in [5.41, 5.74) is 10.2. The number of nitrogens with two attached hydrogens (primary N) is 2. The Hall–Kier alpha value is -2.82. The normalized spacial score (nSPS) is 11.2. The molecule has 5 nitrogen and oxygen atoms in total. The number of benzene rings is 1.